The van der Waals surface area contributed by atoms with Gasteiger partial charge in [0.25, 0.3) is 0 Å². The zero-order chi connectivity index (χ0) is 9.14. The number of pyridine rings is 1. The summed E-state index contributed by atoms with van der Waals surface area (Å²) >= 11 is 11.2. The first-order valence-corrected chi connectivity index (χ1v) is 4.43. The highest BCUT2D eigenvalue weighted by Gasteiger charge is 2.10. The minimum absolute atomic E-state index is 0.129. The molecule has 1 rings (SSSR count). The number of nitrogens with zero attached hydrogens (tertiary/aromatic N) is 1. The smallest absolute Gasteiger partial charge is 0.135 e. The Hall–Kier alpha value is -0.310. The van der Waals surface area contributed by atoms with E-state index >= 15 is 0 Å². The van der Waals surface area contributed by atoms with Crippen molar-refractivity contribution in [2.45, 2.75) is 13.0 Å². The van der Waals surface area contributed by atoms with Crippen molar-refractivity contribution in [3.05, 3.63) is 28.5 Å². The van der Waals surface area contributed by atoms with Crippen molar-refractivity contribution in [1.29, 1.82) is 0 Å². The SMILES string of the molecule is Cc1ccc(C(O)CCl)c(Cl)n1. The molecule has 0 spiro atoms. The summed E-state index contributed by atoms with van der Waals surface area (Å²) in [5.41, 5.74) is 1.41. The topological polar surface area (TPSA) is 33.1 Å². The fraction of sp³-hybridized carbons (Fsp3) is 0.375. The van der Waals surface area contributed by atoms with Crippen molar-refractivity contribution in [3.8, 4) is 0 Å². The molecule has 0 aliphatic heterocycles. The molecule has 1 N–H and O–H groups in total. The molecule has 1 aromatic heterocycles. The molecular formula is C8H9Cl2NO. The molecule has 0 saturated carbocycles. The second-order valence-electron chi connectivity index (χ2n) is 2.50. The average molecular weight is 206 g/mol. The Labute approximate surface area is 81.1 Å². The first kappa shape index (κ1) is 9.78. The second-order valence-corrected chi connectivity index (χ2v) is 3.17. The van der Waals surface area contributed by atoms with E-state index in [1.54, 1.807) is 12.1 Å². The second kappa shape index (κ2) is 4.08. The Morgan fingerprint density at radius 2 is 2.25 bits per heavy atom. The number of rotatable bonds is 2. The Morgan fingerprint density at radius 1 is 1.58 bits per heavy atom. The number of hydrogen-bond donors (Lipinski definition) is 1. The Bertz CT molecular complexity index is 278. The standard InChI is InChI=1S/C8H9Cl2NO/c1-5-2-3-6(7(12)4-9)8(10)11-5/h2-3,7,12H,4H2,1H3. The molecule has 0 bridgehead atoms. The number of alkyl halides is 1. The summed E-state index contributed by atoms with van der Waals surface area (Å²) < 4.78 is 0. The Kier molecular flexibility index (Phi) is 3.32. The van der Waals surface area contributed by atoms with Gasteiger partial charge in [0.15, 0.2) is 0 Å². The van der Waals surface area contributed by atoms with Crippen LogP contribution in [0.4, 0.5) is 0 Å². The summed E-state index contributed by atoms with van der Waals surface area (Å²) in [5, 5.41) is 9.67. The third-order valence-electron chi connectivity index (χ3n) is 1.52. The summed E-state index contributed by atoms with van der Waals surface area (Å²) in [6.07, 6.45) is -0.729. The summed E-state index contributed by atoms with van der Waals surface area (Å²) in [5.74, 6) is 0.129. The fourth-order valence-electron chi connectivity index (χ4n) is 0.867. The van der Waals surface area contributed by atoms with Gasteiger partial charge >= 0.3 is 0 Å². The van der Waals surface area contributed by atoms with Crippen LogP contribution >= 0.6 is 23.2 Å². The molecule has 0 amide bonds. The molecule has 1 unspecified atom stereocenters. The van der Waals surface area contributed by atoms with Gasteiger partial charge in [0.1, 0.15) is 5.15 Å². The number of aliphatic hydroxyl groups is 1. The summed E-state index contributed by atoms with van der Waals surface area (Å²) in [4.78, 5) is 3.99. The molecule has 12 heavy (non-hydrogen) atoms. The predicted octanol–water partition coefficient (Wildman–Crippen LogP) is 2.32. The molecule has 0 saturated heterocycles. The first-order valence-electron chi connectivity index (χ1n) is 3.52. The van der Waals surface area contributed by atoms with Gasteiger partial charge in [0, 0.05) is 11.3 Å². The van der Waals surface area contributed by atoms with Crippen LogP contribution in [-0.2, 0) is 0 Å². The normalized spacial score (nSPS) is 13.0. The lowest BCUT2D eigenvalue weighted by atomic mass is 10.2. The molecule has 1 heterocycles. The van der Waals surface area contributed by atoms with Gasteiger partial charge in [0.05, 0.1) is 12.0 Å². The van der Waals surface area contributed by atoms with Crippen molar-refractivity contribution < 1.29 is 5.11 Å². The lowest BCUT2D eigenvalue weighted by Crippen LogP contribution is -2.01. The molecule has 2 nitrogen and oxygen atoms in total. The highest BCUT2D eigenvalue weighted by atomic mass is 35.5. The number of aliphatic hydroxyl groups excluding tert-OH is 1. The molecule has 66 valence electrons. The summed E-state index contributed by atoms with van der Waals surface area (Å²) in [6.45, 7) is 1.84. The minimum Gasteiger partial charge on any atom is -0.387 e. The largest absolute Gasteiger partial charge is 0.387 e. The Balaban J connectivity index is 3.01. The monoisotopic (exact) mass is 205 g/mol. The quantitative estimate of drug-likeness (QED) is 0.594. The maximum Gasteiger partial charge on any atom is 0.135 e. The van der Waals surface area contributed by atoms with Crippen LogP contribution in [0.15, 0.2) is 12.1 Å². The number of hydrogen-bond acceptors (Lipinski definition) is 2. The molecule has 0 aliphatic rings. The summed E-state index contributed by atoms with van der Waals surface area (Å²) in [7, 11) is 0. The zero-order valence-electron chi connectivity index (χ0n) is 6.59. The van der Waals surface area contributed by atoms with E-state index in [0.29, 0.717) is 10.7 Å². The van der Waals surface area contributed by atoms with Gasteiger partial charge in [-0.25, -0.2) is 4.98 Å². The van der Waals surface area contributed by atoms with E-state index in [1.807, 2.05) is 6.92 Å². The average Bonchev–Trinajstić information content (AvgIpc) is 2.03. The van der Waals surface area contributed by atoms with Crippen molar-refractivity contribution in [2.75, 3.05) is 5.88 Å². The maximum atomic E-state index is 9.34. The number of aromatic nitrogens is 1. The van der Waals surface area contributed by atoms with Crippen molar-refractivity contribution in [1.82, 2.24) is 4.98 Å². The highest BCUT2D eigenvalue weighted by molar-refractivity contribution is 6.30. The molecular weight excluding hydrogens is 197 g/mol. The summed E-state index contributed by atoms with van der Waals surface area (Å²) in [6, 6.07) is 3.52. The van der Waals surface area contributed by atoms with Gasteiger partial charge in [-0.2, -0.15) is 0 Å². The molecule has 0 radical (unpaired) electrons. The number of aryl methyl sites for hydroxylation is 1. The van der Waals surface area contributed by atoms with Gasteiger partial charge < -0.3 is 5.11 Å². The van der Waals surface area contributed by atoms with Crippen molar-refractivity contribution in [3.63, 3.8) is 0 Å². The first-order chi connectivity index (χ1) is 5.65. The predicted molar refractivity (Wildman–Crippen MR) is 49.7 cm³/mol. The van der Waals surface area contributed by atoms with Gasteiger partial charge in [-0.05, 0) is 13.0 Å². The van der Waals surface area contributed by atoms with Crippen LogP contribution in [0.1, 0.15) is 17.4 Å². The van der Waals surface area contributed by atoms with Crippen molar-refractivity contribution in [2.24, 2.45) is 0 Å². The van der Waals surface area contributed by atoms with Crippen LogP contribution in [0.25, 0.3) is 0 Å². The fourth-order valence-corrected chi connectivity index (χ4v) is 1.36. The minimum atomic E-state index is -0.729. The van der Waals surface area contributed by atoms with E-state index in [-0.39, 0.29) is 5.88 Å². The molecule has 0 aromatic carbocycles. The van der Waals surface area contributed by atoms with E-state index in [2.05, 4.69) is 4.98 Å². The zero-order valence-corrected chi connectivity index (χ0v) is 8.10. The van der Waals surface area contributed by atoms with Gasteiger partial charge in [-0.15, -0.1) is 11.6 Å². The van der Waals surface area contributed by atoms with Gasteiger partial charge in [0.2, 0.25) is 0 Å². The lowest BCUT2D eigenvalue weighted by Gasteiger charge is -2.08. The Morgan fingerprint density at radius 3 is 2.75 bits per heavy atom. The highest BCUT2D eigenvalue weighted by Crippen LogP contribution is 2.21. The molecule has 1 atom stereocenters. The van der Waals surface area contributed by atoms with Gasteiger partial charge in [-0.1, -0.05) is 17.7 Å². The van der Waals surface area contributed by atoms with Crippen LogP contribution in [-0.4, -0.2) is 16.0 Å². The third-order valence-corrected chi connectivity index (χ3v) is 2.12. The molecule has 1 aromatic rings. The molecule has 0 fully saturated rings. The molecule has 0 aliphatic carbocycles. The van der Waals surface area contributed by atoms with Gasteiger partial charge in [-0.3, -0.25) is 0 Å². The van der Waals surface area contributed by atoms with Crippen LogP contribution in [0.2, 0.25) is 5.15 Å². The van der Waals surface area contributed by atoms with Crippen molar-refractivity contribution >= 4 is 23.2 Å². The third kappa shape index (κ3) is 2.09. The van der Waals surface area contributed by atoms with Crippen LogP contribution in [0.3, 0.4) is 0 Å². The molecule has 4 heteroatoms. The van der Waals surface area contributed by atoms with E-state index in [4.69, 9.17) is 23.2 Å². The van der Waals surface area contributed by atoms with Crippen LogP contribution in [0, 0.1) is 6.92 Å². The number of halogens is 2. The maximum absolute atomic E-state index is 9.34. The van der Waals surface area contributed by atoms with E-state index in [1.165, 1.54) is 0 Å². The lowest BCUT2D eigenvalue weighted by molar-refractivity contribution is 0.202. The van der Waals surface area contributed by atoms with E-state index in [9.17, 15) is 5.11 Å². The van der Waals surface area contributed by atoms with Crippen LogP contribution in [0.5, 0.6) is 0 Å². The van der Waals surface area contributed by atoms with E-state index in [0.717, 1.165) is 5.69 Å². The van der Waals surface area contributed by atoms with E-state index < -0.39 is 6.10 Å². The van der Waals surface area contributed by atoms with Crippen LogP contribution < -0.4 is 0 Å².